The van der Waals surface area contributed by atoms with E-state index in [1.54, 1.807) is 0 Å². The van der Waals surface area contributed by atoms with Crippen LogP contribution in [0.1, 0.15) is 11.1 Å². The molecule has 1 heterocycles. The van der Waals surface area contributed by atoms with Crippen LogP contribution in [0.5, 0.6) is 0 Å². The van der Waals surface area contributed by atoms with Gasteiger partial charge in [0.25, 0.3) is 0 Å². The Kier molecular flexibility index (Phi) is 4.90. The highest BCUT2D eigenvalue weighted by atomic mass is 79.9. The van der Waals surface area contributed by atoms with E-state index in [0.717, 1.165) is 12.8 Å². The number of aromatic nitrogens is 1. The molecule has 3 heteroatoms. The molecular weight excluding hydrogens is 288 g/mol. The largest absolute Gasteiger partial charge is 0.316 e. The van der Waals surface area contributed by atoms with Gasteiger partial charge in [0.2, 0.25) is 0 Å². The van der Waals surface area contributed by atoms with Crippen LogP contribution in [0, 0.1) is 0 Å². The Balaban J connectivity index is 2.04. The first-order valence-corrected chi connectivity index (χ1v) is 6.88. The van der Waals surface area contributed by atoms with Gasteiger partial charge in [-0.2, -0.15) is 0 Å². The van der Waals surface area contributed by atoms with Gasteiger partial charge < -0.3 is 5.32 Å². The van der Waals surface area contributed by atoms with Gasteiger partial charge in [0.05, 0.1) is 0 Å². The molecule has 0 saturated carbocycles. The summed E-state index contributed by atoms with van der Waals surface area (Å²) in [5.41, 5.74) is 2.65. The Labute approximate surface area is 117 Å². The summed E-state index contributed by atoms with van der Waals surface area (Å²) >= 11 is 3.60. The maximum Gasteiger partial charge on any atom is 0.0270 e. The molecule has 0 amide bonds. The highest BCUT2D eigenvalue weighted by Crippen LogP contribution is 2.18. The third-order valence-electron chi connectivity index (χ3n) is 3.06. The number of hydrogen-bond donors (Lipinski definition) is 1. The van der Waals surface area contributed by atoms with Crippen molar-refractivity contribution in [2.24, 2.45) is 0 Å². The summed E-state index contributed by atoms with van der Waals surface area (Å²) in [4.78, 5) is 4.05. The van der Waals surface area contributed by atoms with Crippen LogP contribution in [0.3, 0.4) is 0 Å². The van der Waals surface area contributed by atoms with Crippen molar-refractivity contribution in [1.29, 1.82) is 0 Å². The molecule has 0 spiro atoms. The lowest BCUT2D eigenvalue weighted by atomic mass is 10.00. The van der Waals surface area contributed by atoms with Gasteiger partial charge in [-0.25, -0.2) is 0 Å². The van der Waals surface area contributed by atoms with Crippen molar-refractivity contribution in [2.75, 3.05) is 7.05 Å². The van der Waals surface area contributed by atoms with Crippen LogP contribution in [0.2, 0.25) is 0 Å². The van der Waals surface area contributed by atoms with Gasteiger partial charge in [-0.1, -0.05) is 34.1 Å². The average Bonchev–Trinajstić information content (AvgIpc) is 2.41. The maximum atomic E-state index is 4.05. The highest BCUT2D eigenvalue weighted by Gasteiger charge is 2.10. The third kappa shape index (κ3) is 3.65. The normalized spacial score (nSPS) is 12.3. The SMILES string of the molecule is CNC(Cc1ccncc1)Cc1ccccc1Br. The van der Waals surface area contributed by atoms with E-state index in [-0.39, 0.29) is 0 Å². The maximum absolute atomic E-state index is 4.05. The van der Waals surface area contributed by atoms with Crippen LogP contribution in [0.25, 0.3) is 0 Å². The van der Waals surface area contributed by atoms with Crippen molar-refractivity contribution in [3.63, 3.8) is 0 Å². The molecule has 1 N–H and O–H groups in total. The Morgan fingerprint density at radius 1 is 1.11 bits per heavy atom. The zero-order valence-electron chi connectivity index (χ0n) is 10.4. The Morgan fingerprint density at radius 2 is 1.83 bits per heavy atom. The Morgan fingerprint density at radius 3 is 2.50 bits per heavy atom. The van der Waals surface area contributed by atoms with Crippen LogP contribution in [0.15, 0.2) is 53.3 Å². The molecule has 0 aliphatic carbocycles. The number of nitrogens with one attached hydrogen (secondary N) is 1. The fourth-order valence-electron chi connectivity index (χ4n) is 2.01. The van der Waals surface area contributed by atoms with E-state index in [1.807, 2.05) is 25.5 Å². The molecule has 0 aliphatic heterocycles. The lowest BCUT2D eigenvalue weighted by Crippen LogP contribution is -2.30. The summed E-state index contributed by atoms with van der Waals surface area (Å²) in [5.74, 6) is 0. The first-order chi connectivity index (χ1) is 8.79. The van der Waals surface area contributed by atoms with Crippen LogP contribution >= 0.6 is 15.9 Å². The molecule has 1 aromatic heterocycles. The molecule has 1 aromatic carbocycles. The fraction of sp³-hybridized carbons (Fsp3) is 0.267. The van der Waals surface area contributed by atoms with Gasteiger partial charge in [-0.3, -0.25) is 4.98 Å². The van der Waals surface area contributed by atoms with E-state index in [9.17, 15) is 0 Å². The molecule has 2 aromatic rings. The summed E-state index contributed by atoms with van der Waals surface area (Å²) in [6, 6.07) is 13.0. The molecule has 0 bridgehead atoms. The van der Waals surface area contributed by atoms with Gasteiger partial charge in [-0.15, -0.1) is 0 Å². The van der Waals surface area contributed by atoms with E-state index in [4.69, 9.17) is 0 Å². The van der Waals surface area contributed by atoms with E-state index in [2.05, 4.69) is 56.6 Å². The summed E-state index contributed by atoms with van der Waals surface area (Å²) < 4.78 is 1.18. The molecule has 0 radical (unpaired) electrons. The summed E-state index contributed by atoms with van der Waals surface area (Å²) in [7, 11) is 2.02. The molecule has 94 valence electrons. The Bertz CT molecular complexity index is 485. The zero-order valence-corrected chi connectivity index (χ0v) is 12.0. The van der Waals surface area contributed by atoms with E-state index < -0.39 is 0 Å². The van der Waals surface area contributed by atoms with Crippen LogP contribution in [-0.2, 0) is 12.8 Å². The quantitative estimate of drug-likeness (QED) is 0.917. The third-order valence-corrected chi connectivity index (χ3v) is 3.84. The van der Waals surface area contributed by atoms with Crippen LogP contribution in [-0.4, -0.2) is 18.1 Å². The van der Waals surface area contributed by atoms with Crippen molar-refractivity contribution in [3.8, 4) is 0 Å². The summed E-state index contributed by atoms with van der Waals surface area (Å²) in [5, 5.41) is 3.38. The van der Waals surface area contributed by atoms with Gasteiger partial charge in [-0.05, 0) is 49.2 Å². The molecular formula is C15H17BrN2. The number of hydrogen-bond acceptors (Lipinski definition) is 2. The van der Waals surface area contributed by atoms with Crippen molar-refractivity contribution < 1.29 is 0 Å². The fourth-order valence-corrected chi connectivity index (χ4v) is 2.46. The minimum absolute atomic E-state index is 0.436. The van der Waals surface area contributed by atoms with Gasteiger partial charge >= 0.3 is 0 Å². The predicted octanol–water partition coefficient (Wildman–Crippen LogP) is 3.22. The van der Waals surface area contributed by atoms with Gasteiger partial charge in [0.1, 0.15) is 0 Å². The molecule has 0 saturated heterocycles. The number of nitrogens with zero attached hydrogens (tertiary/aromatic N) is 1. The molecule has 1 unspecified atom stereocenters. The number of halogens is 1. The molecule has 2 nitrogen and oxygen atoms in total. The first-order valence-electron chi connectivity index (χ1n) is 6.09. The standard InChI is InChI=1S/C15H17BrN2/c1-17-14(10-12-6-8-18-9-7-12)11-13-4-2-3-5-15(13)16/h2-9,14,17H,10-11H2,1H3. The number of likely N-dealkylation sites (N-methyl/N-ethyl adjacent to an activating group) is 1. The zero-order chi connectivity index (χ0) is 12.8. The summed E-state index contributed by atoms with van der Waals surface area (Å²) in [6.45, 7) is 0. The Hall–Kier alpha value is -1.19. The summed E-state index contributed by atoms with van der Waals surface area (Å²) in [6.07, 6.45) is 5.72. The number of benzene rings is 1. The lowest BCUT2D eigenvalue weighted by Gasteiger charge is -2.17. The van der Waals surface area contributed by atoms with Crippen molar-refractivity contribution in [3.05, 3.63) is 64.4 Å². The molecule has 0 fully saturated rings. The van der Waals surface area contributed by atoms with E-state index in [1.165, 1.54) is 15.6 Å². The smallest absolute Gasteiger partial charge is 0.0270 e. The second-order valence-corrected chi connectivity index (χ2v) is 5.20. The lowest BCUT2D eigenvalue weighted by molar-refractivity contribution is 0.555. The van der Waals surface area contributed by atoms with Crippen LogP contribution in [0.4, 0.5) is 0 Å². The minimum atomic E-state index is 0.436. The monoisotopic (exact) mass is 304 g/mol. The second kappa shape index (κ2) is 6.66. The minimum Gasteiger partial charge on any atom is -0.316 e. The van der Waals surface area contributed by atoms with Crippen molar-refractivity contribution in [2.45, 2.75) is 18.9 Å². The molecule has 0 aliphatic rings. The van der Waals surface area contributed by atoms with Crippen molar-refractivity contribution >= 4 is 15.9 Å². The number of rotatable bonds is 5. The van der Waals surface area contributed by atoms with E-state index >= 15 is 0 Å². The van der Waals surface area contributed by atoms with Gasteiger partial charge in [0.15, 0.2) is 0 Å². The van der Waals surface area contributed by atoms with E-state index in [0.29, 0.717) is 6.04 Å². The van der Waals surface area contributed by atoms with Crippen LogP contribution < -0.4 is 5.32 Å². The second-order valence-electron chi connectivity index (χ2n) is 4.34. The number of pyridine rings is 1. The topological polar surface area (TPSA) is 24.9 Å². The van der Waals surface area contributed by atoms with Gasteiger partial charge in [0, 0.05) is 22.9 Å². The molecule has 18 heavy (non-hydrogen) atoms. The predicted molar refractivity (Wildman–Crippen MR) is 78.6 cm³/mol. The molecule has 1 atom stereocenters. The van der Waals surface area contributed by atoms with Crippen molar-refractivity contribution in [1.82, 2.24) is 10.3 Å². The average molecular weight is 305 g/mol. The molecule has 2 rings (SSSR count). The first kappa shape index (κ1) is 13.2. The highest BCUT2D eigenvalue weighted by molar-refractivity contribution is 9.10.